The van der Waals surface area contributed by atoms with Crippen LogP contribution in [0, 0.1) is 0 Å². The second-order valence-electron chi connectivity index (χ2n) is 3.88. The lowest BCUT2D eigenvalue weighted by Crippen LogP contribution is -2.18. The van der Waals surface area contributed by atoms with Crippen molar-refractivity contribution in [2.24, 2.45) is 0 Å². The number of benzene rings is 1. The summed E-state index contributed by atoms with van der Waals surface area (Å²) >= 11 is 0. The Morgan fingerprint density at radius 1 is 1.25 bits per heavy atom. The molecule has 0 aliphatic carbocycles. The molecule has 0 aliphatic rings. The van der Waals surface area contributed by atoms with E-state index in [0.29, 0.717) is 6.04 Å². The molecule has 2 heteroatoms. The van der Waals surface area contributed by atoms with Crippen molar-refractivity contribution in [3.63, 3.8) is 0 Å². The van der Waals surface area contributed by atoms with Gasteiger partial charge in [-0.2, -0.15) is 0 Å². The van der Waals surface area contributed by atoms with E-state index in [2.05, 4.69) is 43.4 Å². The van der Waals surface area contributed by atoms with Crippen molar-refractivity contribution in [3.8, 4) is 11.1 Å². The molecule has 0 bridgehead atoms. The first-order valence-electron chi connectivity index (χ1n) is 5.67. The van der Waals surface area contributed by atoms with Gasteiger partial charge in [0.2, 0.25) is 0 Å². The van der Waals surface area contributed by atoms with Gasteiger partial charge in [-0.15, -0.1) is 0 Å². The number of furan rings is 1. The smallest absolute Gasteiger partial charge is 0.0981 e. The van der Waals surface area contributed by atoms with Crippen LogP contribution in [0.1, 0.15) is 25.5 Å². The van der Waals surface area contributed by atoms with Crippen LogP contribution >= 0.6 is 0 Å². The Bertz CT molecular complexity index is 434. The topological polar surface area (TPSA) is 25.2 Å². The first kappa shape index (κ1) is 11.0. The van der Waals surface area contributed by atoms with E-state index in [0.717, 1.165) is 12.1 Å². The van der Waals surface area contributed by atoms with E-state index in [1.807, 2.05) is 6.07 Å². The zero-order valence-corrected chi connectivity index (χ0v) is 9.73. The van der Waals surface area contributed by atoms with Crippen LogP contribution in [0.2, 0.25) is 0 Å². The van der Waals surface area contributed by atoms with Gasteiger partial charge in [0.1, 0.15) is 0 Å². The minimum Gasteiger partial charge on any atom is -0.472 e. The fourth-order valence-electron chi connectivity index (χ4n) is 1.97. The van der Waals surface area contributed by atoms with Gasteiger partial charge in [0.25, 0.3) is 0 Å². The molecule has 2 rings (SSSR count). The summed E-state index contributed by atoms with van der Waals surface area (Å²) in [5.74, 6) is 0. The van der Waals surface area contributed by atoms with Gasteiger partial charge in [-0.05, 0) is 30.7 Å². The van der Waals surface area contributed by atoms with Crippen molar-refractivity contribution in [2.75, 3.05) is 6.54 Å². The summed E-state index contributed by atoms with van der Waals surface area (Å²) < 4.78 is 5.14. The lowest BCUT2D eigenvalue weighted by Gasteiger charge is -2.16. The Morgan fingerprint density at radius 2 is 2.06 bits per heavy atom. The molecular weight excluding hydrogens is 198 g/mol. The second-order valence-corrected chi connectivity index (χ2v) is 3.88. The molecule has 1 N–H and O–H groups in total. The highest BCUT2D eigenvalue weighted by Gasteiger charge is 2.10. The zero-order chi connectivity index (χ0) is 11.4. The summed E-state index contributed by atoms with van der Waals surface area (Å²) in [5.41, 5.74) is 3.69. The summed E-state index contributed by atoms with van der Waals surface area (Å²) in [6.07, 6.45) is 3.50. The molecule has 0 saturated carbocycles. The molecule has 1 atom stereocenters. The first-order valence-corrected chi connectivity index (χ1v) is 5.67. The highest BCUT2D eigenvalue weighted by molar-refractivity contribution is 5.66. The van der Waals surface area contributed by atoms with Crippen LogP contribution in [0.25, 0.3) is 11.1 Å². The standard InChI is InChI=1S/C14H17NO/c1-3-15-11(2)13-6-4-5-7-14(13)12-8-9-16-10-12/h4-11,15H,3H2,1-2H3. The Morgan fingerprint density at radius 3 is 2.75 bits per heavy atom. The average molecular weight is 215 g/mol. The van der Waals surface area contributed by atoms with E-state index < -0.39 is 0 Å². The van der Waals surface area contributed by atoms with Gasteiger partial charge >= 0.3 is 0 Å². The van der Waals surface area contributed by atoms with Crippen LogP contribution in [0.3, 0.4) is 0 Å². The predicted octanol–water partition coefficient (Wildman–Crippen LogP) is 3.62. The number of rotatable bonds is 4. The van der Waals surface area contributed by atoms with Crippen LogP contribution in [-0.4, -0.2) is 6.54 Å². The Balaban J connectivity index is 2.38. The molecular formula is C14H17NO. The molecule has 1 unspecified atom stereocenters. The normalized spacial score (nSPS) is 12.6. The minimum atomic E-state index is 0.357. The van der Waals surface area contributed by atoms with Crippen LogP contribution in [-0.2, 0) is 0 Å². The molecule has 1 heterocycles. The molecule has 0 spiro atoms. The largest absolute Gasteiger partial charge is 0.472 e. The zero-order valence-electron chi connectivity index (χ0n) is 9.73. The third-order valence-electron chi connectivity index (χ3n) is 2.77. The van der Waals surface area contributed by atoms with E-state index >= 15 is 0 Å². The molecule has 84 valence electrons. The van der Waals surface area contributed by atoms with Crippen LogP contribution in [0.4, 0.5) is 0 Å². The quantitative estimate of drug-likeness (QED) is 0.842. The molecule has 2 aromatic rings. The summed E-state index contributed by atoms with van der Waals surface area (Å²) in [4.78, 5) is 0. The fraction of sp³-hybridized carbons (Fsp3) is 0.286. The van der Waals surface area contributed by atoms with Gasteiger partial charge < -0.3 is 9.73 Å². The molecule has 1 aromatic heterocycles. The SMILES string of the molecule is CCNC(C)c1ccccc1-c1ccoc1. The summed E-state index contributed by atoms with van der Waals surface area (Å²) in [5, 5.41) is 3.43. The van der Waals surface area contributed by atoms with E-state index in [9.17, 15) is 0 Å². The number of nitrogens with one attached hydrogen (secondary N) is 1. The summed E-state index contributed by atoms with van der Waals surface area (Å²) in [6.45, 7) is 5.28. The lowest BCUT2D eigenvalue weighted by atomic mass is 9.97. The maximum absolute atomic E-state index is 5.14. The number of hydrogen-bond acceptors (Lipinski definition) is 2. The first-order chi connectivity index (χ1) is 7.83. The molecule has 0 amide bonds. The Hall–Kier alpha value is -1.54. The van der Waals surface area contributed by atoms with Crippen molar-refractivity contribution in [3.05, 3.63) is 48.4 Å². The Labute approximate surface area is 96.3 Å². The third-order valence-corrected chi connectivity index (χ3v) is 2.77. The van der Waals surface area contributed by atoms with E-state index in [1.54, 1.807) is 12.5 Å². The molecule has 16 heavy (non-hydrogen) atoms. The van der Waals surface area contributed by atoms with Gasteiger partial charge in [0.05, 0.1) is 12.5 Å². The lowest BCUT2D eigenvalue weighted by molar-refractivity contribution is 0.567. The molecule has 1 aromatic carbocycles. The van der Waals surface area contributed by atoms with Gasteiger partial charge in [-0.25, -0.2) is 0 Å². The molecule has 0 saturated heterocycles. The van der Waals surface area contributed by atoms with Crippen molar-refractivity contribution >= 4 is 0 Å². The van der Waals surface area contributed by atoms with Crippen LogP contribution in [0.15, 0.2) is 47.3 Å². The van der Waals surface area contributed by atoms with Gasteiger partial charge in [0.15, 0.2) is 0 Å². The Kier molecular flexibility index (Phi) is 3.42. The molecule has 0 fully saturated rings. The van der Waals surface area contributed by atoms with Crippen LogP contribution < -0.4 is 5.32 Å². The predicted molar refractivity (Wildman–Crippen MR) is 66.2 cm³/mol. The minimum absolute atomic E-state index is 0.357. The maximum atomic E-state index is 5.14. The van der Waals surface area contributed by atoms with Crippen molar-refractivity contribution in [1.82, 2.24) is 5.32 Å². The molecule has 0 radical (unpaired) electrons. The molecule has 0 aliphatic heterocycles. The van der Waals surface area contributed by atoms with E-state index in [1.165, 1.54) is 11.1 Å². The highest BCUT2D eigenvalue weighted by Crippen LogP contribution is 2.28. The second kappa shape index (κ2) is 4.99. The van der Waals surface area contributed by atoms with E-state index in [4.69, 9.17) is 4.42 Å². The highest BCUT2D eigenvalue weighted by atomic mass is 16.3. The van der Waals surface area contributed by atoms with Crippen LogP contribution in [0.5, 0.6) is 0 Å². The summed E-state index contributed by atoms with van der Waals surface area (Å²) in [6, 6.07) is 10.8. The fourth-order valence-corrected chi connectivity index (χ4v) is 1.97. The van der Waals surface area contributed by atoms with Crippen molar-refractivity contribution in [2.45, 2.75) is 19.9 Å². The summed E-state index contributed by atoms with van der Waals surface area (Å²) in [7, 11) is 0. The molecule has 2 nitrogen and oxygen atoms in total. The van der Waals surface area contributed by atoms with Gasteiger partial charge in [-0.3, -0.25) is 0 Å². The van der Waals surface area contributed by atoms with Crippen molar-refractivity contribution < 1.29 is 4.42 Å². The maximum Gasteiger partial charge on any atom is 0.0981 e. The monoisotopic (exact) mass is 215 g/mol. The average Bonchev–Trinajstić information content (AvgIpc) is 2.83. The van der Waals surface area contributed by atoms with Gasteiger partial charge in [-0.1, -0.05) is 31.2 Å². The van der Waals surface area contributed by atoms with Crippen molar-refractivity contribution in [1.29, 1.82) is 0 Å². The van der Waals surface area contributed by atoms with Gasteiger partial charge in [0, 0.05) is 11.6 Å². The third kappa shape index (κ3) is 2.17. The van der Waals surface area contributed by atoms with E-state index in [-0.39, 0.29) is 0 Å². The number of hydrogen-bond donors (Lipinski definition) is 1.